The van der Waals surface area contributed by atoms with Crippen molar-refractivity contribution in [1.82, 2.24) is 0 Å². The first-order valence-corrected chi connectivity index (χ1v) is 35.1. The summed E-state index contributed by atoms with van der Waals surface area (Å²) < 4.78 is 34.3. The monoisotopic (exact) mass is 1140 g/mol. The second kappa shape index (κ2) is 61.0. The molecule has 0 heterocycles. The SMILES string of the molecule is CC/C=C\C/C=C\C/C=C\C/C=C\C/C=C\CCCCCCCCCC(=O)OC(COC(=O)CCCCCCCCCCCCCCCCCCCCCCC/C=C\CCCCCCCCCC)COP(=O)([O-])OCC[N+](C)(C)C. The number of allylic oxidation sites excluding steroid dienone is 12. The summed E-state index contributed by atoms with van der Waals surface area (Å²) in [6.45, 7) is 4.15. The molecule has 0 aliphatic heterocycles. The third kappa shape index (κ3) is 64.6. The van der Waals surface area contributed by atoms with Gasteiger partial charge < -0.3 is 27.9 Å². The predicted molar refractivity (Wildman–Crippen MR) is 342 cm³/mol. The van der Waals surface area contributed by atoms with Crippen LogP contribution >= 0.6 is 7.82 Å². The lowest BCUT2D eigenvalue weighted by Gasteiger charge is -2.28. The standard InChI is InChI=1S/C70H128NO8P/c1-6-8-10-12-14-16-18-20-22-24-26-28-30-31-32-33-34-35-36-37-38-39-41-42-44-46-48-50-52-54-56-58-60-62-69(72)76-66-68(67-78-80(74,75)77-65-64-71(3,4)5)79-70(73)63-61-59-57-55-53-51-49-47-45-43-40-29-27-25-23-21-19-17-15-13-11-9-7-2/h9,11,15,17,21,23-24,26-27,29,43,45,68H,6-8,10,12-14,16,18-20,22,25,28,30-42,44,46-67H2,1-5H3/b11-9-,17-15-,23-21-,26-24-,29-27-,45-43-. The van der Waals surface area contributed by atoms with Crippen LogP contribution in [-0.4, -0.2) is 70.0 Å². The van der Waals surface area contributed by atoms with E-state index in [-0.39, 0.29) is 32.0 Å². The first-order chi connectivity index (χ1) is 39.0. The topological polar surface area (TPSA) is 111 Å². The van der Waals surface area contributed by atoms with Crippen molar-refractivity contribution in [2.45, 2.75) is 315 Å². The Kier molecular flexibility index (Phi) is 59.1. The number of ether oxygens (including phenoxy) is 2. The summed E-state index contributed by atoms with van der Waals surface area (Å²) in [7, 11) is 1.16. The molecule has 0 spiro atoms. The van der Waals surface area contributed by atoms with E-state index in [2.05, 4.69) is 86.8 Å². The molecular weight excluding hydrogens is 1010 g/mol. The molecule has 0 aliphatic carbocycles. The quantitative estimate of drug-likeness (QED) is 0.0195. The van der Waals surface area contributed by atoms with Crippen LogP contribution in [0.15, 0.2) is 72.9 Å². The fourth-order valence-electron chi connectivity index (χ4n) is 9.56. The lowest BCUT2D eigenvalue weighted by Crippen LogP contribution is -2.37. The van der Waals surface area contributed by atoms with Gasteiger partial charge in [-0.05, 0) is 83.5 Å². The average molecular weight is 1140 g/mol. The smallest absolute Gasteiger partial charge is 0.306 e. The molecule has 0 saturated carbocycles. The van der Waals surface area contributed by atoms with Crippen LogP contribution in [-0.2, 0) is 32.7 Å². The summed E-state index contributed by atoms with van der Waals surface area (Å²) in [5.74, 6) is -0.837. The number of esters is 2. The Bertz CT molecular complexity index is 1580. The van der Waals surface area contributed by atoms with Crippen LogP contribution < -0.4 is 4.89 Å². The van der Waals surface area contributed by atoms with Gasteiger partial charge in [0.1, 0.15) is 19.8 Å². The van der Waals surface area contributed by atoms with Gasteiger partial charge in [-0.15, -0.1) is 0 Å². The summed E-state index contributed by atoms with van der Waals surface area (Å²) in [5, 5.41) is 0. The number of hydrogen-bond donors (Lipinski definition) is 0. The number of carbonyl (C=O) groups is 2. The molecule has 10 heteroatoms. The fourth-order valence-corrected chi connectivity index (χ4v) is 10.3. The highest BCUT2D eigenvalue weighted by Gasteiger charge is 2.22. The van der Waals surface area contributed by atoms with Crippen molar-refractivity contribution in [2.75, 3.05) is 47.5 Å². The van der Waals surface area contributed by atoms with Crippen molar-refractivity contribution in [3.05, 3.63) is 72.9 Å². The predicted octanol–water partition coefficient (Wildman–Crippen LogP) is 21.0. The molecule has 2 atom stereocenters. The number of likely N-dealkylation sites (N-methyl/N-ethyl adjacent to an activating group) is 1. The number of carbonyl (C=O) groups excluding carboxylic acids is 2. The number of nitrogens with zero attached hydrogens (tertiary/aromatic N) is 1. The third-order valence-electron chi connectivity index (χ3n) is 14.7. The van der Waals surface area contributed by atoms with Crippen LogP contribution in [0.5, 0.6) is 0 Å². The Morgan fingerprint density at radius 1 is 0.400 bits per heavy atom. The maximum atomic E-state index is 12.8. The van der Waals surface area contributed by atoms with Crippen molar-refractivity contribution in [1.29, 1.82) is 0 Å². The highest BCUT2D eigenvalue weighted by molar-refractivity contribution is 7.45. The van der Waals surface area contributed by atoms with Gasteiger partial charge in [0, 0.05) is 12.8 Å². The summed E-state index contributed by atoms with van der Waals surface area (Å²) in [6.07, 6.45) is 81.2. The van der Waals surface area contributed by atoms with Gasteiger partial charge in [0.05, 0.1) is 27.7 Å². The van der Waals surface area contributed by atoms with Gasteiger partial charge in [0.15, 0.2) is 6.10 Å². The zero-order valence-corrected chi connectivity index (χ0v) is 53.9. The van der Waals surface area contributed by atoms with E-state index >= 15 is 0 Å². The molecule has 0 N–H and O–H groups in total. The Morgan fingerprint density at radius 2 is 0.713 bits per heavy atom. The molecule has 0 saturated heterocycles. The molecule has 0 rings (SSSR count). The molecule has 80 heavy (non-hydrogen) atoms. The molecule has 0 bridgehead atoms. The molecule has 0 aromatic carbocycles. The van der Waals surface area contributed by atoms with Gasteiger partial charge in [-0.25, -0.2) is 0 Å². The first-order valence-electron chi connectivity index (χ1n) is 33.6. The van der Waals surface area contributed by atoms with Crippen molar-refractivity contribution in [2.24, 2.45) is 0 Å². The molecule has 0 amide bonds. The van der Waals surface area contributed by atoms with Crippen molar-refractivity contribution in [3.8, 4) is 0 Å². The van der Waals surface area contributed by atoms with E-state index in [0.717, 1.165) is 77.0 Å². The zero-order valence-electron chi connectivity index (χ0n) is 53.0. The average Bonchev–Trinajstić information content (AvgIpc) is 3.42. The Balaban J connectivity index is 4.03. The zero-order chi connectivity index (χ0) is 58.4. The van der Waals surface area contributed by atoms with Gasteiger partial charge in [0.2, 0.25) is 0 Å². The summed E-state index contributed by atoms with van der Waals surface area (Å²) >= 11 is 0. The van der Waals surface area contributed by atoms with E-state index in [4.69, 9.17) is 18.5 Å². The number of phosphoric acid groups is 1. The second-order valence-corrected chi connectivity index (χ2v) is 25.2. The summed E-state index contributed by atoms with van der Waals surface area (Å²) in [4.78, 5) is 38.0. The number of hydrogen-bond acceptors (Lipinski definition) is 8. The van der Waals surface area contributed by atoms with Crippen molar-refractivity contribution in [3.63, 3.8) is 0 Å². The molecule has 9 nitrogen and oxygen atoms in total. The van der Waals surface area contributed by atoms with Gasteiger partial charge in [-0.1, -0.05) is 286 Å². The van der Waals surface area contributed by atoms with Gasteiger partial charge in [-0.2, -0.15) is 0 Å². The fraction of sp³-hybridized carbons (Fsp3) is 0.800. The van der Waals surface area contributed by atoms with Crippen molar-refractivity contribution >= 4 is 19.8 Å². The lowest BCUT2D eigenvalue weighted by molar-refractivity contribution is -0.870. The number of quaternary nitrogens is 1. The minimum absolute atomic E-state index is 0.0349. The number of unbranched alkanes of at least 4 members (excludes halogenated alkanes) is 36. The van der Waals surface area contributed by atoms with Crippen LogP contribution in [0.2, 0.25) is 0 Å². The van der Waals surface area contributed by atoms with E-state index in [0.29, 0.717) is 17.4 Å². The number of rotatable bonds is 62. The highest BCUT2D eigenvalue weighted by atomic mass is 31.2. The van der Waals surface area contributed by atoms with E-state index in [1.807, 2.05) is 21.1 Å². The normalized spacial score (nSPS) is 13.6. The highest BCUT2D eigenvalue weighted by Crippen LogP contribution is 2.38. The maximum Gasteiger partial charge on any atom is 0.306 e. The summed E-state index contributed by atoms with van der Waals surface area (Å²) in [6, 6.07) is 0. The van der Waals surface area contributed by atoms with Crippen LogP contribution in [0.4, 0.5) is 0 Å². The molecule has 2 unspecified atom stereocenters. The molecule has 0 radical (unpaired) electrons. The molecule has 0 aromatic rings. The van der Waals surface area contributed by atoms with E-state index < -0.39 is 26.5 Å². The van der Waals surface area contributed by atoms with Gasteiger partial charge in [0.25, 0.3) is 7.82 Å². The van der Waals surface area contributed by atoms with Gasteiger partial charge >= 0.3 is 11.9 Å². The second-order valence-electron chi connectivity index (χ2n) is 23.8. The molecule has 0 aliphatic rings. The molecule has 0 aromatic heterocycles. The van der Waals surface area contributed by atoms with E-state index in [9.17, 15) is 19.0 Å². The van der Waals surface area contributed by atoms with Crippen LogP contribution in [0, 0.1) is 0 Å². The van der Waals surface area contributed by atoms with Crippen molar-refractivity contribution < 1.29 is 42.1 Å². The summed E-state index contributed by atoms with van der Waals surface area (Å²) in [5.41, 5.74) is 0. The Hall–Kier alpha value is -2.55. The number of phosphoric ester groups is 1. The van der Waals surface area contributed by atoms with Gasteiger partial charge in [-0.3, -0.25) is 14.2 Å². The third-order valence-corrected chi connectivity index (χ3v) is 15.7. The molecule has 0 fully saturated rings. The minimum Gasteiger partial charge on any atom is -0.756 e. The molecular formula is C70H128NO8P. The molecule has 466 valence electrons. The van der Waals surface area contributed by atoms with Crippen LogP contribution in [0.3, 0.4) is 0 Å². The Labute approximate surface area is 495 Å². The van der Waals surface area contributed by atoms with Crippen LogP contribution in [0.25, 0.3) is 0 Å². The lowest BCUT2D eigenvalue weighted by atomic mass is 10.0. The van der Waals surface area contributed by atoms with E-state index in [1.165, 1.54) is 199 Å². The maximum absolute atomic E-state index is 12.8. The van der Waals surface area contributed by atoms with Crippen LogP contribution in [0.1, 0.15) is 309 Å². The largest absolute Gasteiger partial charge is 0.756 e. The van der Waals surface area contributed by atoms with E-state index in [1.54, 1.807) is 0 Å². The first kappa shape index (κ1) is 77.5. The minimum atomic E-state index is -4.65. The Morgan fingerprint density at radius 3 is 1.07 bits per heavy atom.